The molecule has 2 aromatic carbocycles. The minimum Gasteiger partial charge on any atom is -0.464 e. The maximum Gasteiger partial charge on any atom is 0.411 e. The molecule has 1 unspecified atom stereocenters. The Morgan fingerprint density at radius 3 is 1.96 bits per heavy atom. The van der Waals surface area contributed by atoms with Gasteiger partial charge in [0.1, 0.15) is 11.6 Å². The standard InChI is InChI=1S/C23H29NO4/c1-5-27-21(25)20(16-18-12-8-6-9-13-18)24(22(26)28-23(2,3)4)17-19-14-10-7-11-15-19/h6-15,20H,5,16-17H2,1-4H3. The van der Waals surface area contributed by atoms with Gasteiger partial charge in [0, 0.05) is 13.0 Å². The molecule has 150 valence electrons. The van der Waals surface area contributed by atoms with E-state index in [4.69, 9.17) is 9.47 Å². The average Bonchev–Trinajstić information content (AvgIpc) is 2.65. The van der Waals surface area contributed by atoms with Crippen LogP contribution in [0.25, 0.3) is 0 Å². The summed E-state index contributed by atoms with van der Waals surface area (Å²) in [5.41, 5.74) is 1.19. The highest BCUT2D eigenvalue weighted by molar-refractivity contribution is 5.82. The minimum absolute atomic E-state index is 0.248. The molecule has 5 nitrogen and oxygen atoms in total. The van der Waals surface area contributed by atoms with Gasteiger partial charge in [-0.2, -0.15) is 0 Å². The molecule has 0 aliphatic rings. The Balaban J connectivity index is 2.37. The largest absolute Gasteiger partial charge is 0.464 e. The lowest BCUT2D eigenvalue weighted by molar-refractivity contribution is -0.149. The van der Waals surface area contributed by atoms with Crippen molar-refractivity contribution in [1.82, 2.24) is 4.90 Å². The van der Waals surface area contributed by atoms with Gasteiger partial charge in [0.25, 0.3) is 0 Å². The zero-order valence-electron chi connectivity index (χ0n) is 17.1. The molecule has 2 rings (SSSR count). The molecule has 28 heavy (non-hydrogen) atoms. The van der Waals surface area contributed by atoms with Gasteiger partial charge in [0.15, 0.2) is 0 Å². The molecule has 2 aromatic rings. The Kier molecular flexibility index (Phi) is 7.61. The van der Waals surface area contributed by atoms with Gasteiger partial charge in [0.2, 0.25) is 0 Å². The van der Waals surface area contributed by atoms with Crippen LogP contribution in [-0.4, -0.2) is 35.2 Å². The van der Waals surface area contributed by atoms with E-state index in [-0.39, 0.29) is 13.2 Å². The summed E-state index contributed by atoms with van der Waals surface area (Å²) in [5, 5.41) is 0. The van der Waals surface area contributed by atoms with Gasteiger partial charge < -0.3 is 9.47 Å². The van der Waals surface area contributed by atoms with E-state index in [2.05, 4.69) is 0 Å². The van der Waals surface area contributed by atoms with Crippen molar-refractivity contribution in [3.05, 3.63) is 71.8 Å². The lowest BCUT2D eigenvalue weighted by Gasteiger charge is -2.32. The van der Waals surface area contributed by atoms with Crippen LogP contribution in [0.5, 0.6) is 0 Å². The third kappa shape index (κ3) is 6.72. The minimum atomic E-state index is -0.780. The van der Waals surface area contributed by atoms with E-state index in [1.807, 2.05) is 81.4 Å². The van der Waals surface area contributed by atoms with Crippen molar-refractivity contribution < 1.29 is 19.1 Å². The summed E-state index contributed by atoms with van der Waals surface area (Å²) >= 11 is 0. The maximum atomic E-state index is 13.0. The van der Waals surface area contributed by atoms with E-state index in [0.717, 1.165) is 11.1 Å². The molecule has 0 spiro atoms. The van der Waals surface area contributed by atoms with Crippen molar-refractivity contribution in [2.24, 2.45) is 0 Å². The van der Waals surface area contributed by atoms with Gasteiger partial charge in [-0.15, -0.1) is 0 Å². The van der Waals surface area contributed by atoms with Gasteiger partial charge >= 0.3 is 12.1 Å². The lowest BCUT2D eigenvalue weighted by Crippen LogP contribution is -2.48. The molecule has 0 N–H and O–H groups in total. The number of carbonyl (C=O) groups excluding carboxylic acids is 2. The summed E-state index contributed by atoms with van der Waals surface area (Å²) in [6.45, 7) is 7.68. The second-order valence-corrected chi connectivity index (χ2v) is 7.55. The molecule has 0 saturated carbocycles. The van der Waals surface area contributed by atoms with Crippen LogP contribution in [0.1, 0.15) is 38.8 Å². The number of ether oxygens (including phenoxy) is 2. The molecule has 0 aromatic heterocycles. The molecule has 0 aliphatic carbocycles. The second kappa shape index (κ2) is 9.93. The Morgan fingerprint density at radius 2 is 1.46 bits per heavy atom. The van der Waals surface area contributed by atoms with Crippen molar-refractivity contribution in [3.63, 3.8) is 0 Å². The van der Waals surface area contributed by atoms with Crippen LogP contribution >= 0.6 is 0 Å². The fourth-order valence-electron chi connectivity index (χ4n) is 2.80. The molecule has 0 fully saturated rings. The summed E-state index contributed by atoms with van der Waals surface area (Å²) in [5.74, 6) is -0.437. The van der Waals surface area contributed by atoms with Gasteiger partial charge in [0.05, 0.1) is 6.61 Å². The summed E-state index contributed by atoms with van der Waals surface area (Å²) < 4.78 is 10.9. The zero-order chi connectivity index (χ0) is 20.6. The van der Waals surface area contributed by atoms with Crippen LogP contribution in [-0.2, 0) is 27.2 Å². The highest BCUT2D eigenvalue weighted by atomic mass is 16.6. The van der Waals surface area contributed by atoms with E-state index in [0.29, 0.717) is 6.42 Å². The van der Waals surface area contributed by atoms with Crippen molar-refractivity contribution in [1.29, 1.82) is 0 Å². The van der Waals surface area contributed by atoms with Crippen LogP contribution in [0.15, 0.2) is 60.7 Å². The third-order valence-electron chi connectivity index (χ3n) is 4.03. The predicted molar refractivity (Wildman–Crippen MR) is 109 cm³/mol. The SMILES string of the molecule is CCOC(=O)C(Cc1ccccc1)N(Cc1ccccc1)C(=O)OC(C)(C)C. The monoisotopic (exact) mass is 383 g/mol. The van der Waals surface area contributed by atoms with Crippen LogP contribution in [0.2, 0.25) is 0 Å². The molecule has 1 atom stereocenters. The quantitative estimate of drug-likeness (QED) is 0.656. The summed E-state index contributed by atoms with van der Waals surface area (Å²) in [7, 11) is 0. The van der Waals surface area contributed by atoms with Gasteiger partial charge in [-0.25, -0.2) is 9.59 Å². The Hall–Kier alpha value is -2.82. The van der Waals surface area contributed by atoms with Crippen molar-refractivity contribution in [2.75, 3.05) is 6.61 Å². The van der Waals surface area contributed by atoms with Crippen LogP contribution in [0.4, 0.5) is 4.79 Å². The van der Waals surface area contributed by atoms with Gasteiger partial charge in [-0.05, 0) is 38.8 Å². The van der Waals surface area contributed by atoms with Crippen molar-refractivity contribution in [3.8, 4) is 0 Å². The number of rotatable bonds is 7. The van der Waals surface area contributed by atoms with E-state index in [9.17, 15) is 9.59 Å². The van der Waals surface area contributed by atoms with E-state index >= 15 is 0 Å². The molecular weight excluding hydrogens is 354 g/mol. The van der Waals surface area contributed by atoms with Gasteiger partial charge in [-0.1, -0.05) is 60.7 Å². The first-order valence-corrected chi connectivity index (χ1v) is 9.54. The number of esters is 1. The van der Waals surface area contributed by atoms with Gasteiger partial charge in [-0.3, -0.25) is 4.90 Å². The summed E-state index contributed by atoms with van der Waals surface area (Å²) in [6, 6.07) is 18.4. The predicted octanol–water partition coefficient (Wildman–Crippen LogP) is 4.60. The Bertz CT molecular complexity index is 753. The average molecular weight is 383 g/mol. The van der Waals surface area contributed by atoms with E-state index in [1.54, 1.807) is 6.92 Å². The number of hydrogen-bond donors (Lipinski definition) is 0. The number of carbonyl (C=O) groups is 2. The third-order valence-corrected chi connectivity index (χ3v) is 4.03. The van der Waals surface area contributed by atoms with Crippen LogP contribution in [0.3, 0.4) is 0 Å². The molecule has 0 heterocycles. The molecule has 0 aliphatic heterocycles. The molecule has 1 amide bonds. The Morgan fingerprint density at radius 1 is 0.929 bits per heavy atom. The highest BCUT2D eigenvalue weighted by Gasteiger charge is 2.34. The number of hydrogen-bond acceptors (Lipinski definition) is 4. The van der Waals surface area contributed by atoms with E-state index in [1.165, 1.54) is 4.90 Å². The molecule has 0 saturated heterocycles. The molecular formula is C23H29NO4. The first-order valence-electron chi connectivity index (χ1n) is 9.54. The summed E-state index contributed by atoms with van der Waals surface area (Å²) in [4.78, 5) is 27.2. The van der Waals surface area contributed by atoms with Crippen molar-refractivity contribution >= 4 is 12.1 Å². The zero-order valence-corrected chi connectivity index (χ0v) is 17.1. The summed E-state index contributed by atoms with van der Waals surface area (Å²) in [6.07, 6.45) is -0.184. The fourth-order valence-corrected chi connectivity index (χ4v) is 2.80. The number of nitrogens with zero attached hydrogens (tertiary/aromatic N) is 1. The molecule has 5 heteroatoms. The first-order chi connectivity index (χ1) is 13.3. The first kappa shape index (κ1) is 21.5. The molecule has 0 bridgehead atoms. The highest BCUT2D eigenvalue weighted by Crippen LogP contribution is 2.19. The van der Waals surface area contributed by atoms with E-state index < -0.39 is 23.7 Å². The Labute approximate surface area is 167 Å². The second-order valence-electron chi connectivity index (χ2n) is 7.55. The fraction of sp³-hybridized carbons (Fsp3) is 0.391. The maximum absolute atomic E-state index is 13.0. The number of amides is 1. The van der Waals surface area contributed by atoms with Crippen LogP contribution < -0.4 is 0 Å². The molecule has 0 radical (unpaired) electrons. The smallest absolute Gasteiger partial charge is 0.411 e. The van der Waals surface area contributed by atoms with Crippen molar-refractivity contribution in [2.45, 2.75) is 52.3 Å². The van der Waals surface area contributed by atoms with Crippen LogP contribution in [0, 0.1) is 0 Å². The lowest BCUT2D eigenvalue weighted by atomic mass is 10.0. The normalized spacial score (nSPS) is 12.1. The topological polar surface area (TPSA) is 55.8 Å². The number of benzene rings is 2.